The maximum atomic E-state index is 11.4. The molecule has 74 valence electrons. The molecule has 0 spiro atoms. The second-order valence-corrected chi connectivity index (χ2v) is 4.70. The average Bonchev–Trinajstić information content (AvgIpc) is 1.78. The Balaban J connectivity index is 3.21. The van der Waals surface area contributed by atoms with Crippen LogP contribution in [0.2, 0.25) is 0 Å². The number of rotatable bonds is 1. The molecule has 13 heavy (non-hydrogen) atoms. The highest BCUT2D eigenvalue weighted by molar-refractivity contribution is 7.88. The predicted octanol–water partition coefficient (Wildman–Crippen LogP) is 0.968. The molecule has 0 saturated heterocycles. The van der Waals surface area contributed by atoms with Gasteiger partial charge < -0.3 is 0 Å². The van der Waals surface area contributed by atoms with Gasteiger partial charge in [-0.15, -0.1) is 4.40 Å². The van der Waals surface area contributed by atoms with Crippen molar-refractivity contribution in [2.45, 2.75) is 26.8 Å². The summed E-state index contributed by atoms with van der Waals surface area (Å²) in [5, 5.41) is -0.0532. The maximum Gasteiger partial charge on any atom is 0.348 e. The van der Waals surface area contributed by atoms with Gasteiger partial charge in [0.05, 0.1) is 0 Å². The Morgan fingerprint density at radius 2 is 2.00 bits per heavy atom. The average molecular weight is 224 g/mol. The summed E-state index contributed by atoms with van der Waals surface area (Å²) in [6.45, 7) is 4.88. The molecule has 0 aliphatic carbocycles. The highest BCUT2D eigenvalue weighted by atomic mass is 35.5. The Hall–Kier alpha value is -0.620. The summed E-state index contributed by atoms with van der Waals surface area (Å²) in [6.07, 6.45) is 0. The molecule has 0 amide bonds. The van der Waals surface area contributed by atoms with Crippen LogP contribution in [0, 0.1) is 0 Å². The van der Waals surface area contributed by atoms with Crippen molar-refractivity contribution in [3.63, 3.8) is 0 Å². The van der Waals surface area contributed by atoms with Gasteiger partial charge in [-0.2, -0.15) is 8.42 Å². The number of halogens is 1. The summed E-state index contributed by atoms with van der Waals surface area (Å²) in [6, 6.07) is -0.280. The lowest BCUT2D eigenvalue weighted by molar-refractivity contribution is 0.475. The van der Waals surface area contributed by atoms with Crippen LogP contribution in [0.4, 0.5) is 0 Å². The molecule has 0 radical (unpaired) electrons. The van der Waals surface area contributed by atoms with Crippen LogP contribution < -0.4 is 0 Å². The van der Waals surface area contributed by atoms with Crippen LogP contribution in [0.25, 0.3) is 0 Å². The molecule has 0 aromatic heterocycles. The monoisotopic (exact) mass is 223 g/mol. The quantitative estimate of drug-likeness (QED) is 0.622. The van der Waals surface area contributed by atoms with E-state index in [4.69, 9.17) is 11.6 Å². The second-order valence-electron chi connectivity index (χ2n) is 2.89. The largest absolute Gasteiger partial charge is 0.348 e. The fraction of sp³-hybridized carbons (Fsp3) is 0.667. The van der Waals surface area contributed by atoms with Gasteiger partial charge in [-0.1, -0.05) is 0 Å². The third kappa shape index (κ3) is 2.00. The molecule has 0 saturated carbocycles. The molecular weight excluding hydrogens is 214 g/mol. The summed E-state index contributed by atoms with van der Waals surface area (Å²) in [4.78, 5) is 3.76. The zero-order chi connectivity index (χ0) is 10.2. The molecule has 1 aliphatic heterocycles. The van der Waals surface area contributed by atoms with E-state index in [1.807, 2.05) is 0 Å². The minimum absolute atomic E-state index is 0.0532. The summed E-state index contributed by atoms with van der Waals surface area (Å²) in [5.74, 6) is 0.155. The first-order valence-electron chi connectivity index (χ1n) is 3.69. The van der Waals surface area contributed by atoms with Gasteiger partial charge >= 0.3 is 10.2 Å². The van der Waals surface area contributed by atoms with Crippen molar-refractivity contribution >= 4 is 32.9 Å². The van der Waals surface area contributed by atoms with Crippen molar-refractivity contribution in [3.05, 3.63) is 0 Å². The summed E-state index contributed by atoms with van der Waals surface area (Å²) in [7, 11) is -3.66. The summed E-state index contributed by atoms with van der Waals surface area (Å²) >= 11 is 5.67. The first kappa shape index (κ1) is 10.5. The molecule has 1 aliphatic rings. The van der Waals surface area contributed by atoms with Gasteiger partial charge in [-0.3, -0.25) is 0 Å². The first-order chi connectivity index (χ1) is 5.84. The van der Waals surface area contributed by atoms with E-state index in [1.165, 1.54) is 6.92 Å². The normalized spacial score (nSPS) is 21.5. The molecule has 0 fully saturated rings. The van der Waals surface area contributed by atoms with Gasteiger partial charge in [0.2, 0.25) is 5.29 Å². The highest BCUT2D eigenvalue weighted by Crippen LogP contribution is 2.16. The van der Waals surface area contributed by atoms with Crippen LogP contribution in [-0.2, 0) is 10.2 Å². The van der Waals surface area contributed by atoms with Gasteiger partial charge in [0, 0.05) is 6.04 Å². The predicted molar refractivity (Wildman–Crippen MR) is 52.3 cm³/mol. The lowest BCUT2D eigenvalue weighted by atomic mass is 10.4. The lowest BCUT2D eigenvalue weighted by Crippen LogP contribution is -2.41. The van der Waals surface area contributed by atoms with Crippen molar-refractivity contribution in [1.29, 1.82) is 0 Å². The van der Waals surface area contributed by atoms with Crippen LogP contribution in [0.3, 0.4) is 0 Å². The third-order valence-corrected chi connectivity index (χ3v) is 3.35. The van der Waals surface area contributed by atoms with E-state index in [0.717, 1.165) is 4.31 Å². The van der Waals surface area contributed by atoms with E-state index >= 15 is 0 Å². The number of aliphatic imine (C=N–C) groups is 1. The first-order valence-corrected chi connectivity index (χ1v) is 5.47. The standard InChI is InChI=1S/C6H10ClN3O2S/c1-4(2)10-6(7)8-5(3)9-13(10,11)12/h4H,1-3H3. The smallest absolute Gasteiger partial charge is 0.223 e. The van der Waals surface area contributed by atoms with Crippen molar-refractivity contribution in [3.8, 4) is 0 Å². The van der Waals surface area contributed by atoms with Crippen LogP contribution in [0.1, 0.15) is 20.8 Å². The fourth-order valence-corrected chi connectivity index (χ4v) is 2.79. The minimum Gasteiger partial charge on any atom is -0.223 e. The van der Waals surface area contributed by atoms with Gasteiger partial charge in [0.1, 0.15) is 5.84 Å². The fourth-order valence-electron chi connectivity index (χ4n) is 0.989. The van der Waals surface area contributed by atoms with Gasteiger partial charge in [-0.05, 0) is 32.4 Å². The molecule has 1 rings (SSSR count). The molecule has 0 aromatic carbocycles. The van der Waals surface area contributed by atoms with Crippen LogP contribution in [-0.4, -0.2) is 29.9 Å². The summed E-state index contributed by atoms with van der Waals surface area (Å²) < 4.78 is 27.2. The van der Waals surface area contributed by atoms with Gasteiger partial charge in [0.15, 0.2) is 0 Å². The summed E-state index contributed by atoms with van der Waals surface area (Å²) in [5.41, 5.74) is 0. The van der Waals surface area contributed by atoms with E-state index < -0.39 is 10.2 Å². The number of hydrogen-bond donors (Lipinski definition) is 0. The van der Waals surface area contributed by atoms with Gasteiger partial charge in [0.25, 0.3) is 0 Å². The minimum atomic E-state index is -3.66. The maximum absolute atomic E-state index is 11.4. The molecule has 0 unspecified atom stereocenters. The molecule has 0 atom stereocenters. The Bertz CT molecular complexity index is 371. The topological polar surface area (TPSA) is 62.1 Å². The van der Waals surface area contributed by atoms with Gasteiger partial charge in [-0.25, -0.2) is 9.30 Å². The second kappa shape index (κ2) is 3.26. The lowest BCUT2D eigenvalue weighted by Gasteiger charge is -2.25. The van der Waals surface area contributed by atoms with E-state index in [2.05, 4.69) is 9.39 Å². The van der Waals surface area contributed by atoms with Crippen LogP contribution in [0.15, 0.2) is 9.39 Å². The van der Waals surface area contributed by atoms with E-state index in [-0.39, 0.29) is 17.2 Å². The third-order valence-electron chi connectivity index (χ3n) is 1.40. The van der Waals surface area contributed by atoms with Crippen LogP contribution >= 0.6 is 11.6 Å². The molecular formula is C6H10ClN3O2S. The number of hydrogen-bond acceptors (Lipinski definition) is 3. The molecule has 0 N–H and O–H groups in total. The Morgan fingerprint density at radius 3 is 2.38 bits per heavy atom. The van der Waals surface area contributed by atoms with Crippen LogP contribution in [0.5, 0.6) is 0 Å². The van der Waals surface area contributed by atoms with E-state index in [9.17, 15) is 8.42 Å². The SMILES string of the molecule is CC1=NS(=O)(=O)N(C(C)C)C(Cl)=N1. The Labute approximate surface area is 82.3 Å². The zero-order valence-corrected chi connectivity index (χ0v) is 9.09. The molecule has 1 heterocycles. The molecule has 5 nitrogen and oxygen atoms in total. The van der Waals surface area contributed by atoms with E-state index in [1.54, 1.807) is 13.8 Å². The number of amidine groups is 2. The van der Waals surface area contributed by atoms with Crippen molar-refractivity contribution in [2.24, 2.45) is 9.39 Å². The van der Waals surface area contributed by atoms with Crippen molar-refractivity contribution in [1.82, 2.24) is 4.31 Å². The molecule has 0 aromatic rings. The highest BCUT2D eigenvalue weighted by Gasteiger charge is 2.30. The van der Waals surface area contributed by atoms with E-state index in [0.29, 0.717) is 0 Å². The molecule has 7 heteroatoms. The van der Waals surface area contributed by atoms with Crippen molar-refractivity contribution in [2.75, 3.05) is 0 Å². The zero-order valence-electron chi connectivity index (χ0n) is 7.52. The number of nitrogens with zero attached hydrogens (tertiary/aromatic N) is 3. The Kier molecular flexibility index (Phi) is 2.63. The van der Waals surface area contributed by atoms with Crippen molar-refractivity contribution < 1.29 is 8.42 Å². The Morgan fingerprint density at radius 1 is 1.46 bits per heavy atom. The molecule has 0 bridgehead atoms.